The number of hydrogen-bond donors (Lipinski definition) is 0. The normalized spacial score (nSPS) is 51.7. The molecule has 12 atom stereocenters. The molecule has 8 nitrogen and oxygen atoms in total. The van der Waals surface area contributed by atoms with E-state index in [2.05, 4.69) is 20.8 Å². The molecule has 8 heteroatoms. The third kappa shape index (κ3) is 4.28. The maximum Gasteiger partial charge on any atom is 0.309 e. The first kappa shape index (κ1) is 27.4. The second kappa shape index (κ2) is 9.66. The minimum absolute atomic E-state index is 0.00401. The summed E-state index contributed by atoms with van der Waals surface area (Å²) < 4.78 is 18.5. The Bertz CT molecular complexity index is 889. The molecule has 6 aliphatic heterocycles. The molecule has 0 aromatic heterocycles. The van der Waals surface area contributed by atoms with Gasteiger partial charge in [-0.05, 0) is 87.9 Å². The van der Waals surface area contributed by atoms with Gasteiger partial charge in [-0.25, -0.2) is 19.6 Å². The lowest BCUT2D eigenvalue weighted by Gasteiger charge is -2.53. The second-order valence-corrected chi connectivity index (χ2v) is 14.1. The van der Waals surface area contributed by atoms with Crippen LogP contribution in [0.5, 0.6) is 0 Å². The maximum atomic E-state index is 13.6. The zero-order chi connectivity index (χ0) is 26.9. The number of esters is 1. The summed E-state index contributed by atoms with van der Waals surface area (Å²) in [4.78, 5) is 37.7. The minimum atomic E-state index is -0.690. The van der Waals surface area contributed by atoms with E-state index >= 15 is 0 Å². The van der Waals surface area contributed by atoms with Crippen molar-refractivity contribution in [3.8, 4) is 0 Å². The third-order valence-electron chi connectivity index (χ3n) is 11.7. The van der Waals surface area contributed by atoms with Gasteiger partial charge in [0, 0.05) is 18.8 Å². The van der Waals surface area contributed by atoms with Gasteiger partial charge >= 0.3 is 5.97 Å². The molecule has 6 heterocycles. The molecule has 2 aliphatic carbocycles. The molecule has 38 heavy (non-hydrogen) atoms. The van der Waals surface area contributed by atoms with Gasteiger partial charge in [-0.1, -0.05) is 27.7 Å². The van der Waals surface area contributed by atoms with Crippen LogP contribution in [0.25, 0.3) is 0 Å². The summed E-state index contributed by atoms with van der Waals surface area (Å²) in [5.41, 5.74) is -1.07. The van der Waals surface area contributed by atoms with E-state index in [1.807, 2.05) is 20.8 Å². The molecule has 6 saturated heterocycles. The Morgan fingerprint density at radius 2 is 1.26 bits per heavy atom. The molecule has 0 radical (unpaired) electrons. The highest BCUT2D eigenvalue weighted by Crippen LogP contribution is 2.57. The molecule has 8 fully saturated rings. The largest absolute Gasteiger partial charge is 0.465 e. The molecule has 2 saturated carbocycles. The topological polar surface area (TPSA) is 81.7 Å². The number of rotatable bonds is 5. The molecule has 2 spiro atoms. The Kier molecular flexibility index (Phi) is 6.97. The Hall–Kier alpha value is -0.770. The van der Waals surface area contributed by atoms with Gasteiger partial charge in [-0.3, -0.25) is 4.79 Å². The number of carbonyl (C=O) groups is 1. The summed E-state index contributed by atoms with van der Waals surface area (Å²) in [7, 11) is 0. The lowest BCUT2D eigenvalue weighted by atomic mass is 9.59. The molecule has 8 rings (SSSR count). The summed E-state index contributed by atoms with van der Waals surface area (Å²) in [5.74, 6) is 0.268. The average molecular weight is 537 g/mol. The van der Waals surface area contributed by atoms with E-state index in [0.717, 1.165) is 51.4 Å². The van der Waals surface area contributed by atoms with Gasteiger partial charge in [0.25, 0.3) is 0 Å². The summed E-state index contributed by atoms with van der Waals surface area (Å²) in [6.45, 7) is 14.1. The molecule has 4 bridgehead atoms. The van der Waals surface area contributed by atoms with Crippen LogP contribution in [0.4, 0.5) is 0 Å². The molecule has 0 amide bonds. The standard InChI is InChI=1S/C30H48O8/c1-18-7-9-22(29-16-33-27(5,35-37-29)13-11-23(18)29)20(3)15-32-26(31)21(4)25-10-8-19(2)24-12-14-28(6)34-17-30(24,25)38-36-28/h18-25H,7-17H2,1-6H3/t18-,19-,20+,21-,22+,23+,24+,25+,27-,28-,29+,30-/m1/s1. The zero-order valence-electron chi connectivity index (χ0n) is 24.2. The fourth-order valence-corrected chi connectivity index (χ4v) is 9.11. The molecule has 0 unspecified atom stereocenters. The van der Waals surface area contributed by atoms with Crippen molar-refractivity contribution >= 4 is 5.97 Å². The van der Waals surface area contributed by atoms with E-state index in [1.54, 1.807) is 0 Å². The highest BCUT2D eigenvalue weighted by Gasteiger charge is 2.63. The number of ether oxygens (including phenoxy) is 3. The monoisotopic (exact) mass is 536 g/mol. The fraction of sp³-hybridized carbons (Fsp3) is 0.967. The van der Waals surface area contributed by atoms with Crippen LogP contribution in [0.1, 0.15) is 92.9 Å². The van der Waals surface area contributed by atoms with Crippen LogP contribution < -0.4 is 0 Å². The molecule has 0 aromatic carbocycles. The van der Waals surface area contributed by atoms with Crippen LogP contribution in [0.3, 0.4) is 0 Å². The van der Waals surface area contributed by atoms with E-state index in [9.17, 15) is 4.79 Å². The number of carbonyl (C=O) groups excluding carboxylic acids is 1. The van der Waals surface area contributed by atoms with E-state index in [0.29, 0.717) is 43.5 Å². The summed E-state index contributed by atoms with van der Waals surface area (Å²) in [5, 5.41) is 0. The van der Waals surface area contributed by atoms with E-state index in [-0.39, 0.29) is 29.6 Å². The first-order valence-corrected chi connectivity index (χ1v) is 15.2. The van der Waals surface area contributed by atoms with Crippen LogP contribution in [-0.4, -0.2) is 48.6 Å². The van der Waals surface area contributed by atoms with Crippen molar-refractivity contribution < 1.29 is 38.6 Å². The summed E-state index contributed by atoms with van der Waals surface area (Å²) >= 11 is 0. The van der Waals surface area contributed by atoms with Crippen molar-refractivity contribution in [3.63, 3.8) is 0 Å². The van der Waals surface area contributed by atoms with Crippen molar-refractivity contribution in [3.05, 3.63) is 0 Å². The van der Waals surface area contributed by atoms with E-state index in [1.165, 1.54) is 0 Å². The minimum Gasteiger partial charge on any atom is -0.465 e. The van der Waals surface area contributed by atoms with Crippen molar-refractivity contribution in [2.24, 2.45) is 47.3 Å². The maximum absolute atomic E-state index is 13.6. The van der Waals surface area contributed by atoms with Crippen molar-refractivity contribution in [1.29, 1.82) is 0 Å². The average Bonchev–Trinajstić information content (AvgIpc) is 3.30. The first-order chi connectivity index (χ1) is 18.0. The third-order valence-corrected chi connectivity index (χ3v) is 11.7. The number of fused-ring (bicyclic) bond motifs is 6. The Balaban J connectivity index is 1.14. The quantitative estimate of drug-likeness (QED) is 0.333. The smallest absolute Gasteiger partial charge is 0.309 e. The van der Waals surface area contributed by atoms with E-state index < -0.39 is 22.8 Å². The fourth-order valence-electron chi connectivity index (χ4n) is 9.11. The molecule has 0 N–H and O–H groups in total. The van der Waals surface area contributed by atoms with Crippen LogP contribution >= 0.6 is 0 Å². The Morgan fingerprint density at radius 1 is 0.763 bits per heavy atom. The van der Waals surface area contributed by atoms with Gasteiger partial charge in [0.05, 0.1) is 25.7 Å². The van der Waals surface area contributed by atoms with Gasteiger partial charge < -0.3 is 14.2 Å². The van der Waals surface area contributed by atoms with E-state index in [4.69, 9.17) is 33.8 Å². The van der Waals surface area contributed by atoms with Gasteiger partial charge in [-0.2, -0.15) is 0 Å². The van der Waals surface area contributed by atoms with Gasteiger partial charge in [0.1, 0.15) is 11.2 Å². The number of hydrogen-bond acceptors (Lipinski definition) is 8. The zero-order valence-corrected chi connectivity index (χ0v) is 24.2. The Labute approximate surface area is 227 Å². The molecule has 216 valence electrons. The Morgan fingerprint density at radius 3 is 1.76 bits per heavy atom. The lowest BCUT2D eigenvalue weighted by molar-refractivity contribution is -0.517. The van der Waals surface area contributed by atoms with Crippen molar-refractivity contribution in [2.45, 2.75) is 116 Å². The van der Waals surface area contributed by atoms with Gasteiger partial charge in [0.15, 0.2) is 11.6 Å². The van der Waals surface area contributed by atoms with Crippen LogP contribution in [0.2, 0.25) is 0 Å². The first-order valence-electron chi connectivity index (χ1n) is 15.2. The predicted octanol–water partition coefficient (Wildman–Crippen LogP) is 5.58. The summed E-state index contributed by atoms with van der Waals surface area (Å²) in [6.07, 6.45) is 7.81. The highest BCUT2D eigenvalue weighted by atomic mass is 17.3. The predicted molar refractivity (Wildman–Crippen MR) is 137 cm³/mol. The molecule has 0 aromatic rings. The SMILES string of the molecule is C[C@@H]1CC[C@@H]([C@@H](C)COC(=O)[C@H](C)[C@@H]2CC[C@@H](C)[C@@H]3CC[C@]4(C)OC[C@@]32OO4)[C@@]23CO[C@@](C)(CC[C@@H]12)OO3. The van der Waals surface area contributed by atoms with Gasteiger partial charge in [-0.15, -0.1) is 0 Å². The molecular weight excluding hydrogens is 488 g/mol. The van der Waals surface area contributed by atoms with Crippen molar-refractivity contribution in [1.82, 2.24) is 0 Å². The molecular formula is C30H48O8. The molecule has 8 aliphatic rings. The van der Waals surface area contributed by atoms with Crippen LogP contribution in [0.15, 0.2) is 0 Å². The van der Waals surface area contributed by atoms with Gasteiger partial charge in [0.2, 0.25) is 0 Å². The summed E-state index contributed by atoms with van der Waals surface area (Å²) in [6, 6.07) is 0. The highest BCUT2D eigenvalue weighted by molar-refractivity contribution is 5.72. The lowest BCUT2D eigenvalue weighted by Crippen LogP contribution is -2.61. The van der Waals surface area contributed by atoms with Crippen molar-refractivity contribution in [2.75, 3.05) is 19.8 Å². The van der Waals surface area contributed by atoms with Crippen LogP contribution in [0, 0.1) is 47.3 Å². The second-order valence-electron chi connectivity index (χ2n) is 14.1. The van der Waals surface area contributed by atoms with Crippen LogP contribution in [-0.2, 0) is 38.6 Å².